The van der Waals surface area contributed by atoms with E-state index in [-0.39, 0.29) is 6.10 Å². The van der Waals surface area contributed by atoms with Crippen LogP contribution in [0.4, 0.5) is 17.7 Å². The Bertz CT molecular complexity index is 660. The summed E-state index contributed by atoms with van der Waals surface area (Å²) in [6, 6.07) is 0. The first-order chi connectivity index (χ1) is 11.1. The van der Waals surface area contributed by atoms with Crippen LogP contribution in [0.3, 0.4) is 0 Å². The van der Waals surface area contributed by atoms with Crippen LogP contribution in [0.5, 0.6) is 0 Å². The Kier molecular flexibility index (Phi) is 5.86. The summed E-state index contributed by atoms with van der Waals surface area (Å²) in [5.41, 5.74) is 2.21. The van der Waals surface area contributed by atoms with E-state index < -0.39 is 0 Å². The van der Waals surface area contributed by atoms with Crippen LogP contribution in [0.25, 0.3) is 11.0 Å². The van der Waals surface area contributed by atoms with E-state index in [0.717, 1.165) is 18.7 Å². The minimum atomic E-state index is -0.388. The van der Waals surface area contributed by atoms with Gasteiger partial charge < -0.3 is 21.1 Å². The maximum absolute atomic E-state index is 9.57. The molecule has 0 spiro atoms. The van der Waals surface area contributed by atoms with Crippen molar-refractivity contribution >= 4 is 28.7 Å². The second-order valence-corrected chi connectivity index (χ2v) is 5.40. The van der Waals surface area contributed by atoms with Crippen LogP contribution in [0.1, 0.15) is 32.4 Å². The molecule has 0 aliphatic rings. The van der Waals surface area contributed by atoms with Crippen molar-refractivity contribution in [3.63, 3.8) is 0 Å². The maximum atomic E-state index is 9.57. The number of aryl methyl sites for hydroxylation is 1. The van der Waals surface area contributed by atoms with Gasteiger partial charge in [-0.25, -0.2) is 15.0 Å². The number of nitrogens with zero attached hydrogens (tertiary/aromatic N) is 4. The van der Waals surface area contributed by atoms with Crippen molar-refractivity contribution in [2.75, 3.05) is 36.6 Å². The molecule has 0 amide bonds. The smallest absolute Gasteiger partial charge is 0.225 e. The van der Waals surface area contributed by atoms with Gasteiger partial charge in [0.2, 0.25) is 11.9 Å². The first-order valence-corrected chi connectivity index (χ1v) is 7.95. The van der Waals surface area contributed by atoms with E-state index in [1.54, 1.807) is 21.0 Å². The summed E-state index contributed by atoms with van der Waals surface area (Å²) in [5.74, 6) is 1.74. The summed E-state index contributed by atoms with van der Waals surface area (Å²) < 4.78 is 0. The van der Waals surface area contributed by atoms with Gasteiger partial charge in [-0.3, -0.25) is 0 Å². The van der Waals surface area contributed by atoms with Gasteiger partial charge in [-0.1, -0.05) is 6.92 Å². The van der Waals surface area contributed by atoms with E-state index >= 15 is 0 Å². The molecule has 2 aromatic heterocycles. The van der Waals surface area contributed by atoms with Gasteiger partial charge in [-0.15, -0.1) is 0 Å². The van der Waals surface area contributed by atoms with Gasteiger partial charge in [-0.2, -0.15) is 4.98 Å². The molecule has 0 unspecified atom stereocenters. The number of hydrogen-bond donors (Lipinski definition) is 4. The summed E-state index contributed by atoms with van der Waals surface area (Å²) in [5, 5.41) is 18.8. The van der Waals surface area contributed by atoms with Gasteiger partial charge >= 0.3 is 0 Å². The fourth-order valence-corrected chi connectivity index (χ4v) is 2.18. The van der Waals surface area contributed by atoms with Crippen LogP contribution in [0.2, 0.25) is 0 Å². The maximum Gasteiger partial charge on any atom is 0.225 e. The third-order valence-corrected chi connectivity index (χ3v) is 3.40. The van der Waals surface area contributed by atoms with Crippen LogP contribution in [0, 0.1) is 0 Å². The van der Waals surface area contributed by atoms with Crippen LogP contribution in [0.15, 0.2) is 0 Å². The average molecular weight is 319 g/mol. The SMILES string of the molecule is CCCNc1nc(NC)nc2c(CC[C@H](C)O)nc(NC)nc12. The Morgan fingerprint density at radius 3 is 2.26 bits per heavy atom. The number of rotatable bonds is 8. The van der Waals surface area contributed by atoms with Gasteiger partial charge in [0.15, 0.2) is 5.82 Å². The third kappa shape index (κ3) is 4.16. The number of aliphatic hydroxyl groups excluding tert-OH is 1. The zero-order chi connectivity index (χ0) is 16.8. The molecule has 0 aliphatic carbocycles. The lowest BCUT2D eigenvalue weighted by Gasteiger charge is -2.13. The van der Waals surface area contributed by atoms with Crippen molar-refractivity contribution in [2.24, 2.45) is 0 Å². The van der Waals surface area contributed by atoms with Gasteiger partial charge in [0.05, 0.1) is 11.8 Å². The molecular weight excluding hydrogens is 294 g/mol. The lowest BCUT2D eigenvalue weighted by molar-refractivity contribution is 0.184. The fraction of sp³-hybridized carbons (Fsp3) is 0.600. The monoisotopic (exact) mass is 319 g/mol. The molecule has 8 heteroatoms. The molecule has 0 bridgehead atoms. The second kappa shape index (κ2) is 7.87. The lowest BCUT2D eigenvalue weighted by atomic mass is 10.1. The van der Waals surface area contributed by atoms with Crippen molar-refractivity contribution in [2.45, 2.75) is 39.2 Å². The Morgan fingerprint density at radius 1 is 1.00 bits per heavy atom. The molecule has 1 atom stereocenters. The Balaban J connectivity index is 2.58. The van der Waals surface area contributed by atoms with E-state index in [0.29, 0.717) is 41.6 Å². The lowest BCUT2D eigenvalue weighted by Crippen LogP contribution is -2.11. The van der Waals surface area contributed by atoms with E-state index in [1.807, 2.05) is 0 Å². The molecule has 2 aromatic rings. The van der Waals surface area contributed by atoms with E-state index in [4.69, 9.17) is 0 Å². The Morgan fingerprint density at radius 2 is 1.65 bits per heavy atom. The molecule has 23 heavy (non-hydrogen) atoms. The molecule has 0 fully saturated rings. The summed E-state index contributed by atoms with van der Waals surface area (Å²) in [6.45, 7) is 4.67. The molecule has 0 saturated carbocycles. The van der Waals surface area contributed by atoms with Gasteiger partial charge in [0.25, 0.3) is 0 Å². The normalized spacial score (nSPS) is 12.2. The van der Waals surface area contributed by atoms with Gasteiger partial charge in [-0.05, 0) is 26.2 Å². The highest BCUT2D eigenvalue weighted by Crippen LogP contribution is 2.24. The first kappa shape index (κ1) is 17.1. The summed E-state index contributed by atoms with van der Waals surface area (Å²) in [6.07, 6.45) is 1.84. The van der Waals surface area contributed by atoms with Crippen molar-refractivity contribution in [3.05, 3.63) is 5.69 Å². The topological polar surface area (TPSA) is 108 Å². The number of aliphatic hydroxyl groups is 1. The minimum Gasteiger partial charge on any atom is -0.393 e. The van der Waals surface area contributed by atoms with Crippen molar-refractivity contribution in [1.82, 2.24) is 19.9 Å². The molecule has 0 aromatic carbocycles. The standard InChI is InChI=1S/C15H25N7O/c1-5-8-18-13-12-11(20-15(17-4)22-13)10(7-6-9(2)23)19-14(16-3)21-12/h9,23H,5-8H2,1-4H3,(H,16,19,21)(H2,17,18,20,22)/t9-/m0/s1. The van der Waals surface area contributed by atoms with E-state index in [9.17, 15) is 5.11 Å². The molecule has 126 valence electrons. The van der Waals surface area contributed by atoms with E-state index in [2.05, 4.69) is 42.8 Å². The van der Waals surface area contributed by atoms with Crippen LogP contribution >= 0.6 is 0 Å². The van der Waals surface area contributed by atoms with Crippen molar-refractivity contribution in [3.8, 4) is 0 Å². The zero-order valence-corrected chi connectivity index (χ0v) is 14.1. The molecule has 0 saturated heterocycles. The predicted octanol–water partition coefficient (Wildman–Crippen LogP) is 1.64. The number of fused-ring (bicyclic) bond motifs is 1. The van der Waals surface area contributed by atoms with Crippen molar-refractivity contribution in [1.29, 1.82) is 0 Å². The zero-order valence-electron chi connectivity index (χ0n) is 14.1. The van der Waals surface area contributed by atoms with E-state index in [1.165, 1.54) is 0 Å². The molecule has 0 radical (unpaired) electrons. The van der Waals surface area contributed by atoms with Crippen LogP contribution in [-0.4, -0.2) is 51.8 Å². The second-order valence-electron chi connectivity index (χ2n) is 5.40. The van der Waals surface area contributed by atoms with Crippen LogP contribution in [-0.2, 0) is 6.42 Å². The molecule has 4 N–H and O–H groups in total. The van der Waals surface area contributed by atoms with Crippen molar-refractivity contribution < 1.29 is 5.11 Å². The molecule has 2 heterocycles. The largest absolute Gasteiger partial charge is 0.393 e. The highest BCUT2D eigenvalue weighted by molar-refractivity contribution is 5.88. The van der Waals surface area contributed by atoms with Gasteiger partial charge in [0.1, 0.15) is 11.0 Å². The number of aromatic nitrogens is 4. The fourth-order valence-electron chi connectivity index (χ4n) is 2.18. The number of hydrogen-bond acceptors (Lipinski definition) is 8. The predicted molar refractivity (Wildman–Crippen MR) is 93.0 cm³/mol. The molecule has 2 rings (SSSR count). The third-order valence-electron chi connectivity index (χ3n) is 3.40. The number of nitrogens with one attached hydrogen (secondary N) is 3. The average Bonchev–Trinajstić information content (AvgIpc) is 2.56. The summed E-state index contributed by atoms with van der Waals surface area (Å²) in [7, 11) is 3.56. The summed E-state index contributed by atoms with van der Waals surface area (Å²) in [4.78, 5) is 18.0. The first-order valence-electron chi connectivity index (χ1n) is 7.95. The number of anilines is 3. The molecule has 0 aliphatic heterocycles. The Labute approximate surface area is 136 Å². The van der Waals surface area contributed by atoms with Crippen LogP contribution < -0.4 is 16.0 Å². The quantitative estimate of drug-likeness (QED) is 0.581. The molecular formula is C15H25N7O. The minimum absolute atomic E-state index is 0.388. The molecule has 8 nitrogen and oxygen atoms in total. The van der Waals surface area contributed by atoms with Gasteiger partial charge in [0, 0.05) is 20.6 Å². The Hall–Kier alpha value is -2.22. The highest BCUT2D eigenvalue weighted by Gasteiger charge is 2.15. The summed E-state index contributed by atoms with van der Waals surface area (Å²) >= 11 is 0. The highest BCUT2D eigenvalue weighted by atomic mass is 16.3.